The number of methoxy groups -OCH3 is 1. The summed E-state index contributed by atoms with van der Waals surface area (Å²) in [5.74, 6) is -0.552. The summed E-state index contributed by atoms with van der Waals surface area (Å²) in [6.45, 7) is 3.49. The molecule has 0 bridgehead atoms. The second-order valence-corrected chi connectivity index (χ2v) is 13.8. The number of hydrogen-bond donors (Lipinski definition) is 2. The number of carbonyl (C=O) groups excluding carboxylic acids is 2. The summed E-state index contributed by atoms with van der Waals surface area (Å²) >= 11 is 1.24. The Balaban J connectivity index is 1.50. The molecule has 5 rings (SSSR count). The van der Waals surface area contributed by atoms with Crippen LogP contribution in [0.5, 0.6) is 11.5 Å². The van der Waals surface area contributed by atoms with Crippen molar-refractivity contribution in [3.63, 3.8) is 0 Å². The molecule has 0 fully saturated rings. The number of likely N-dealkylation sites (N-methyl/N-ethyl adjacent to an activating group) is 1. The maximum absolute atomic E-state index is 13.8. The second-order valence-electron chi connectivity index (χ2n) is 10.7. The van der Waals surface area contributed by atoms with E-state index < -0.39 is 28.1 Å². The van der Waals surface area contributed by atoms with Crippen LogP contribution in [-0.4, -0.2) is 85.5 Å². The third kappa shape index (κ3) is 6.27. The van der Waals surface area contributed by atoms with Gasteiger partial charge in [0.25, 0.3) is 11.8 Å². The number of nitrogens with one attached hydrogen (secondary N) is 1. The summed E-state index contributed by atoms with van der Waals surface area (Å²) in [6, 6.07) is 17.8. The Morgan fingerprint density at radius 3 is 2.59 bits per heavy atom. The fourth-order valence-corrected chi connectivity index (χ4v) is 7.03. The average molecular weight is 639 g/mol. The molecule has 2 heterocycles. The molecule has 11 nitrogen and oxygen atoms in total. The molecule has 1 aliphatic heterocycles. The van der Waals surface area contributed by atoms with Crippen LogP contribution in [0.3, 0.4) is 0 Å². The van der Waals surface area contributed by atoms with E-state index in [1.54, 1.807) is 42.2 Å². The van der Waals surface area contributed by atoms with Gasteiger partial charge in [0.05, 0.1) is 52.7 Å². The summed E-state index contributed by atoms with van der Waals surface area (Å²) < 4.78 is 40.7. The zero-order valence-corrected chi connectivity index (χ0v) is 26.4. The van der Waals surface area contributed by atoms with E-state index in [0.717, 1.165) is 4.70 Å². The van der Waals surface area contributed by atoms with Gasteiger partial charge < -0.3 is 24.8 Å². The SMILES string of the molecule is COc1ccc(S(=O)(=O)N(C)C[C@H]2Oc3c(NC(=O)c4nc5ccccc5s4)cccc3C(=O)N([C@H](C)CO)C[C@H]2C)cc1. The lowest BCUT2D eigenvalue weighted by molar-refractivity contribution is 0.0388. The molecule has 13 heteroatoms. The number of rotatable bonds is 9. The monoisotopic (exact) mass is 638 g/mol. The number of hydrogen-bond acceptors (Lipinski definition) is 9. The van der Waals surface area contributed by atoms with Crippen molar-refractivity contribution in [3.8, 4) is 11.5 Å². The molecule has 1 aromatic heterocycles. The first-order chi connectivity index (χ1) is 21.0. The lowest BCUT2D eigenvalue weighted by atomic mass is 9.99. The lowest BCUT2D eigenvalue weighted by Gasteiger charge is -2.38. The third-order valence-electron chi connectivity index (χ3n) is 7.63. The number of amides is 2. The summed E-state index contributed by atoms with van der Waals surface area (Å²) in [6.07, 6.45) is -0.728. The number of para-hydroxylation sites is 2. The van der Waals surface area contributed by atoms with Crippen molar-refractivity contribution in [2.75, 3.05) is 39.2 Å². The van der Waals surface area contributed by atoms with Gasteiger partial charge in [-0.25, -0.2) is 13.4 Å². The summed E-state index contributed by atoms with van der Waals surface area (Å²) in [5, 5.41) is 13.0. The Morgan fingerprint density at radius 2 is 1.91 bits per heavy atom. The number of thiazole rings is 1. The van der Waals surface area contributed by atoms with Crippen LogP contribution in [0.2, 0.25) is 0 Å². The largest absolute Gasteiger partial charge is 0.497 e. The smallest absolute Gasteiger partial charge is 0.284 e. The number of anilines is 1. The van der Waals surface area contributed by atoms with Gasteiger partial charge in [-0.05, 0) is 55.5 Å². The number of benzene rings is 3. The van der Waals surface area contributed by atoms with E-state index >= 15 is 0 Å². The molecule has 0 radical (unpaired) electrons. The Kier molecular flexibility index (Phi) is 9.20. The van der Waals surface area contributed by atoms with Gasteiger partial charge in [0.15, 0.2) is 10.8 Å². The molecule has 4 aromatic rings. The van der Waals surface area contributed by atoms with Crippen molar-refractivity contribution >= 4 is 49.1 Å². The quantitative estimate of drug-likeness (QED) is 0.280. The van der Waals surface area contributed by atoms with E-state index in [2.05, 4.69) is 10.3 Å². The lowest BCUT2D eigenvalue weighted by Crippen LogP contribution is -2.50. The molecule has 0 saturated carbocycles. The summed E-state index contributed by atoms with van der Waals surface area (Å²) in [4.78, 5) is 33.2. The number of aliphatic hydroxyl groups excluding tert-OH is 1. The van der Waals surface area contributed by atoms with Crippen molar-refractivity contribution in [2.45, 2.75) is 30.9 Å². The molecule has 3 atom stereocenters. The van der Waals surface area contributed by atoms with Gasteiger partial charge in [0.1, 0.15) is 11.9 Å². The van der Waals surface area contributed by atoms with Gasteiger partial charge in [-0.1, -0.05) is 25.1 Å². The van der Waals surface area contributed by atoms with Crippen molar-refractivity contribution < 1.29 is 32.6 Å². The van der Waals surface area contributed by atoms with Gasteiger partial charge in [-0.3, -0.25) is 9.59 Å². The number of fused-ring (bicyclic) bond motifs is 2. The van der Waals surface area contributed by atoms with E-state index in [1.165, 1.54) is 41.9 Å². The van der Waals surface area contributed by atoms with Crippen LogP contribution < -0.4 is 14.8 Å². The third-order valence-corrected chi connectivity index (χ3v) is 10.5. The zero-order valence-electron chi connectivity index (χ0n) is 24.8. The molecule has 0 aliphatic carbocycles. The standard InChI is InChI=1S/C31H34N4O7S2/c1-19-16-35(20(2)18-36)31(38)23-8-7-10-25(32-29(37)30-33-24-9-5-6-11-27(24)43-30)28(23)42-26(19)17-34(3)44(39,40)22-14-12-21(41-4)13-15-22/h5-15,19-20,26,36H,16-18H2,1-4H3,(H,32,37)/t19-,20-,26-/m1/s1. The van der Waals surface area contributed by atoms with Crippen molar-refractivity contribution in [2.24, 2.45) is 5.92 Å². The summed E-state index contributed by atoms with van der Waals surface area (Å²) in [5.41, 5.74) is 1.13. The van der Waals surface area contributed by atoms with E-state index in [9.17, 15) is 23.1 Å². The first-order valence-electron chi connectivity index (χ1n) is 14.0. The van der Waals surface area contributed by atoms with Gasteiger partial charge in [-0.2, -0.15) is 4.31 Å². The predicted molar refractivity (Wildman–Crippen MR) is 168 cm³/mol. The first kappa shape index (κ1) is 31.4. The number of aliphatic hydroxyl groups is 1. The predicted octanol–water partition coefficient (Wildman–Crippen LogP) is 4.10. The minimum absolute atomic E-state index is 0.0509. The molecule has 2 amide bonds. The zero-order chi connectivity index (χ0) is 31.6. The van der Waals surface area contributed by atoms with Gasteiger partial charge >= 0.3 is 0 Å². The van der Waals surface area contributed by atoms with E-state index in [0.29, 0.717) is 11.3 Å². The highest BCUT2D eigenvalue weighted by molar-refractivity contribution is 7.89. The number of ether oxygens (including phenoxy) is 2. The summed E-state index contributed by atoms with van der Waals surface area (Å²) in [7, 11) is -0.938. The van der Waals surface area contributed by atoms with Crippen LogP contribution >= 0.6 is 11.3 Å². The molecule has 3 aromatic carbocycles. The minimum Gasteiger partial charge on any atom is -0.497 e. The second kappa shape index (κ2) is 12.9. The Hall–Kier alpha value is -4.04. The van der Waals surface area contributed by atoms with Crippen LogP contribution in [0.15, 0.2) is 71.6 Å². The molecule has 1 aliphatic rings. The molecule has 0 unspecified atom stereocenters. The maximum atomic E-state index is 13.8. The first-order valence-corrected chi connectivity index (χ1v) is 16.3. The molecular weight excluding hydrogens is 604 g/mol. The highest BCUT2D eigenvalue weighted by atomic mass is 32.2. The molecule has 44 heavy (non-hydrogen) atoms. The topological polar surface area (TPSA) is 138 Å². The fraction of sp³-hybridized carbons (Fsp3) is 0.323. The van der Waals surface area contributed by atoms with Crippen LogP contribution in [0.1, 0.15) is 34.0 Å². The normalized spacial score (nSPS) is 17.9. The van der Waals surface area contributed by atoms with E-state index in [1.807, 2.05) is 31.2 Å². The van der Waals surface area contributed by atoms with Gasteiger partial charge in [0.2, 0.25) is 10.0 Å². The van der Waals surface area contributed by atoms with Crippen molar-refractivity contribution in [1.29, 1.82) is 0 Å². The minimum atomic E-state index is -3.91. The van der Waals surface area contributed by atoms with Crippen LogP contribution in [0.4, 0.5) is 5.69 Å². The number of aromatic nitrogens is 1. The molecule has 0 saturated heterocycles. The molecule has 0 spiro atoms. The maximum Gasteiger partial charge on any atom is 0.284 e. The highest BCUT2D eigenvalue weighted by Crippen LogP contribution is 2.36. The molecular formula is C31H34N4O7S2. The van der Waals surface area contributed by atoms with Crippen molar-refractivity contribution in [3.05, 3.63) is 77.3 Å². The number of carbonyl (C=O) groups is 2. The molecule has 232 valence electrons. The van der Waals surface area contributed by atoms with Crippen molar-refractivity contribution in [1.82, 2.24) is 14.2 Å². The fourth-order valence-electron chi connectivity index (χ4n) is 4.98. The average Bonchev–Trinajstić information content (AvgIpc) is 3.47. The molecule has 2 N–H and O–H groups in total. The Labute approximate surface area is 260 Å². The van der Waals surface area contributed by atoms with Crippen LogP contribution in [0, 0.1) is 5.92 Å². The van der Waals surface area contributed by atoms with E-state index in [4.69, 9.17) is 9.47 Å². The van der Waals surface area contributed by atoms with Gasteiger partial charge in [-0.15, -0.1) is 11.3 Å². The highest BCUT2D eigenvalue weighted by Gasteiger charge is 2.36. The van der Waals surface area contributed by atoms with E-state index in [-0.39, 0.29) is 58.4 Å². The van der Waals surface area contributed by atoms with Crippen LogP contribution in [-0.2, 0) is 10.0 Å². The number of nitrogens with zero attached hydrogens (tertiary/aromatic N) is 3. The van der Waals surface area contributed by atoms with Crippen LogP contribution in [0.25, 0.3) is 10.2 Å². The number of sulfonamides is 1. The Bertz CT molecular complexity index is 1740. The Morgan fingerprint density at radius 1 is 1.18 bits per heavy atom. The van der Waals surface area contributed by atoms with Gasteiger partial charge in [0, 0.05) is 19.5 Å².